The van der Waals surface area contributed by atoms with Gasteiger partial charge in [-0.05, 0) is 27.7 Å². The summed E-state index contributed by atoms with van der Waals surface area (Å²) in [5, 5.41) is 24.7. The van der Waals surface area contributed by atoms with Gasteiger partial charge in [-0.15, -0.1) is 0 Å². The van der Waals surface area contributed by atoms with E-state index in [2.05, 4.69) is 10.2 Å². The molecule has 96 valence electrons. The quantitative estimate of drug-likeness (QED) is 0.551. The van der Waals surface area contributed by atoms with Crippen LogP contribution in [0.15, 0.2) is 10.2 Å². The third kappa shape index (κ3) is 18.3. The van der Waals surface area contributed by atoms with Gasteiger partial charge in [0.1, 0.15) is 0 Å². The van der Waals surface area contributed by atoms with Gasteiger partial charge in [-0.3, -0.25) is 0 Å². The fourth-order valence-electron chi connectivity index (χ4n) is 0.295. The van der Waals surface area contributed by atoms with Gasteiger partial charge >= 0.3 is 0 Å². The van der Waals surface area contributed by atoms with Gasteiger partial charge in [0.25, 0.3) is 3.25 Å². The number of hydrogen-bond donors (Lipinski definition) is 0. The fraction of sp³-hybridized carbons (Fsp3) is 0.778. The molecule has 0 aliphatic rings. The molecular formula is C9H12Cl4N4. The Labute approximate surface area is 121 Å². The lowest BCUT2D eigenvalue weighted by Gasteiger charge is -2.11. The van der Waals surface area contributed by atoms with Crippen molar-refractivity contribution < 1.29 is 0 Å². The summed E-state index contributed by atoms with van der Waals surface area (Å²) in [7, 11) is 0. The van der Waals surface area contributed by atoms with Crippen LogP contribution < -0.4 is 0 Å². The van der Waals surface area contributed by atoms with Gasteiger partial charge in [-0.25, -0.2) is 0 Å². The topological polar surface area (TPSA) is 72.3 Å². The summed E-state index contributed by atoms with van der Waals surface area (Å²) < 4.78 is -1.61. The Hall–Kier alpha value is -0.260. The monoisotopic (exact) mass is 316 g/mol. The van der Waals surface area contributed by atoms with Crippen LogP contribution in [0.3, 0.4) is 0 Å². The molecule has 0 saturated heterocycles. The smallest absolute Gasteiger partial charge is 0.196 e. The van der Waals surface area contributed by atoms with Crippen molar-refractivity contribution in [2.75, 3.05) is 0 Å². The van der Waals surface area contributed by atoms with Crippen LogP contribution in [0.2, 0.25) is 0 Å². The molecule has 0 amide bonds. The van der Waals surface area contributed by atoms with Gasteiger partial charge in [-0.1, -0.05) is 46.4 Å². The molecule has 0 fully saturated rings. The number of hydrogen-bond acceptors (Lipinski definition) is 4. The molecular weight excluding hydrogens is 306 g/mol. The second-order valence-corrected chi connectivity index (χ2v) is 7.40. The van der Waals surface area contributed by atoms with E-state index in [1.165, 1.54) is 0 Å². The van der Waals surface area contributed by atoms with Crippen LogP contribution in [0.1, 0.15) is 27.7 Å². The first kappa shape index (κ1) is 19.1. The highest BCUT2D eigenvalue weighted by Gasteiger charge is 2.19. The Bertz CT molecular complexity index is 309. The molecule has 0 atom stereocenters. The number of alkyl halides is 4. The Balaban J connectivity index is 0. The molecule has 4 nitrogen and oxygen atoms in total. The van der Waals surface area contributed by atoms with E-state index in [-0.39, 0.29) is 0 Å². The molecule has 0 bridgehead atoms. The molecule has 17 heavy (non-hydrogen) atoms. The lowest BCUT2D eigenvalue weighted by Crippen LogP contribution is -2.17. The van der Waals surface area contributed by atoms with E-state index >= 15 is 0 Å². The fourth-order valence-corrected chi connectivity index (χ4v) is 0.295. The number of halogens is 4. The highest BCUT2D eigenvalue weighted by Crippen LogP contribution is 2.29. The summed E-state index contributed by atoms with van der Waals surface area (Å²) in [5.41, 5.74) is -1.68. The second-order valence-electron chi connectivity index (χ2n) is 3.97. The van der Waals surface area contributed by atoms with Crippen LogP contribution in [-0.2, 0) is 0 Å². The van der Waals surface area contributed by atoms with Gasteiger partial charge in [-0.2, -0.15) is 20.8 Å². The van der Waals surface area contributed by atoms with Crippen LogP contribution in [0.25, 0.3) is 0 Å². The van der Waals surface area contributed by atoms with Crippen LogP contribution in [0.4, 0.5) is 0 Å². The molecule has 0 spiro atoms. The Morgan fingerprint density at radius 1 is 0.765 bits per heavy atom. The molecule has 0 saturated carbocycles. The minimum absolute atomic E-state index is 0.839. The SMILES string of the molecule is CC(C)(C#N)N=NC(C)(C)C#N.ClC(Cl)(Cl)Cl. The molecule has 0 aromatic carbocycles. The normalized spacial score (nSPS) is 12.4. The Morgan fingerprint density at radius 2 is 0.941 bits per heavy atom. The van der Waals surface area contributed by atoms with Crippen molar-refractivity contribution in [2.24, 2.45) is 10.2 Å². The minimum Gasteiger partial charge on any atom is -0.196 e. The first-order valence-corrected chi connectivity index (χ1v) is 5.86. The summed E-state index contributed by atoms with van der Waals surface area (Å²) in [4.78, 5) is 0. The molecule has 0 rings (SSSR count). The summed E-state index contributed by atoms with van der Waals surface area (Å²) in [6.45, 7) is 6.57. The maximum Gasteiger partial charge on any atom is 0.266 e. The van der Waals surface area contributed by atoms with Crippen molar-refractivity contribution in [3.63, 3.8) is 0 Å². The average Bonchev–Trinajstić information content (AvgIpc) is 2.13. The Morgan fingerprint density at radius 3 is 1.06 bits per heavy atom. The maximum absolute atomic E-state index is 8.58. The lowest BCUT2D eigenvalue weighted by atomic mass is 10.1. The van der Waals surface area contributed by atoms with Crippen molar-refractivity contribution in [1.82, 2.24) is 0 Å². The number of rotatable bonds is 2. The van der Waals surface area contributed by atoms with Crippen LogP contribution in [-0.4, -0.2) is 14.3 Å². The van der Waals surface area contributed by atoms with E-state index in [1.807, 2.05) is 12.1 Å². The predicted molar refractivity (Wildman–Crippen MR) is 70.4 cm³/mol. The second kappa shape index (κ2) is 7.24. The molecule has 0 aromatic heterocycles. The van der Waals surface area contributed by atoms with Gasteiger partial charge < -0.3 is 0 Å². The van der Waals surface area contributed by atoms with Crippen molar-refractivity contribution in [3.05, 3.63) is 0 Å². The lowest BCUT2D eigenvalue weighted by molar-refractivity contribution is 0.541. The molecule has 8 heteroatoms. The molecule has 0 heterocycles. The number of nitrogens with zero attached hydrogens (tertiary/aromatic N) is 4. The van der Waals surface area contributed by atoms with E-state index in [4.69, 9.17) is 56.9 Å². The first-order chi connectivity index (χ1) is 7.33. The summed E-state index contributed by atoms with van der Waals surface area (Å²) in [5.74, 6) is 0. The molecule has 0 unspecified atom stereocenters. The number of nitriles is 2. The zero-order chi connectivity index (χ0) is 14.3. The van der Waals surface area contributed by atoms with Gasteiger partial charge in [0.15, 0.2) is 11.1 Å². The first-order valence-electron chi connectivity index (χ1n) is 4.35. The molecule has 0 aliphatic carbocycles. The standard InChI is InChI=1S/C8H12N4.CCl4/c1-7(2,5-9)11-12-8(3,4)6-10;2-1(3,4)5/h1-4H3;. The average molecular weight is 318 g/mol. The molecule has 0 N–H and O–H groups in total. The highest BCUT2D eigenvalue weighted by atomic mass is 35.6. The van der Waals surface area contributed by atoms with E-state index in [1.54, 1.807) is 27.7 Å². The van der Waals surface area contributed by atoms with E-state index < -0.39 is 14.3 Å². The van der Waals surface area contributed by atoms with E-state index in [9.17, 15) is 0 Å². The zero-order valence-corrected chi connectivity index (χ0v) is 12.8. The number of azo groups is 1. The predicted octanol–water partition coefficient (Wildman–Crippen LogP) is 4.60. The third-order valence-electron chi connectivity index (χ3n) is 1.10. The minimum atomic E-state index is -1.61. The molecule has 0 aliphatic heterocycles. The maximum atomic E-state index is 8.58. The van der Waals surface area contributed by atoms with Crippen LogP contribution >= 0.6 is 46.4 Å². The van der Waals surface area contributed by atoms with Crippen molar-refractivity contribution in [1.29, 1.82) is 10.5 Å². The largest absolute Gasteiger partial charge is 0.266 e. The van der Waals surface area contributed by atoms with Crippen molar-refractivity contribution in [2.45, 2.75) is 42.0 Å². The van der Waals surface area contributed by atoms with Gasteiger partial charge in [0.2, 0.25) is 0 Å². The third-order valence-corrected chi connectivity index (χ3v) is 1.10. The van der Waals surface area contributed by atoms with E-state index in [0.717, 1.165) is 0 Å². The van der Waals surface area contributed by atoms with Gasteiger partial charge in [0, 0.05) is 0 Å². The van der Waals surface area contributed by atoms with Crippen molar-refractivity contribution >= 4 is 46.4 Å². The highest BCUT2D eigenvalue weighted by molar-refractivity contribution is 6.83. The van der Waals surface area contributed by atoms with Gasteiger partial charge in [0.05, 0.1) is 12.1 Å². The zero-order valence-electron chi connectivity index (χ0n) is 9.80. The molecule has 0 aromatic rings. The van der Waals surface area contributed by atoms with E-state index in [0.29, 0.717) is 0 Å². The van der Waals surface area contributed by atoms with Crippen LogP contribution in [0.5, 0.6) is 0 Å². The molecule has 0 radical (unpaired) electrons. The van der Waals surface area contributed by atoms with Crippen molar-refractivity contribution in [3.8, 4) is 12.1 Å². The Kier molecular flexibility index (Phi) is 8.12. The summed E-state index contributed by atoms with van der Waals surface area (Å²) in [6, 6.07) is 3.94. The summed E-state index contributed by atoms with van der Waals surface area (Å²) in [6.07, 6.45) is 0. The van der Waals surface area contributed by atoms with Crippen LogP contribution in [0, 0.1) is 22.7 Å². The summed E-state index contributed by atoms with van der Waals surface area (Å²) >= 11 is 19.3.